The fourth-order valence-electron chi connectivity index (χ4n) is 2.41. The summed E-state index contributed by atoms with van der Waals surface area (Å²) in [6, 6.07) is 8.61. The van der Waals surface area contributed by atoms with E-state index in [1.807, 2.05) is 26.1 Å². The molecule has 1 atom stereocenters. The van der Waals surface area contributed by atoms with Gasteiger partial charge in [0.1, 0.15) is 12.3 Å². The van der Waals surface area contributed by atoms with E-state index in [0.717, 1.165) is 16.4 Å². The first kappa shape index (κ1) is 20.3. The van der Waals surface area contributed by atoms with Gasteiger partial charge in [-0.05, 0) is 37.3 Å². The van der Waals surface area contributed by atoms with Crippen LogP contribution in [0.4, 0.5) is 5.69 Å². The molecule has 6 nitrogen and oxygen atoms in total. The third-order valence-electron chi connectivity index (χ3n) is 3.73. The van der Waals surface area contributed by atoms with Gasteiger partial charge < -0.3 is 19.5 Å². The molecule has 2 rings (SSSR count). The summed E-state index contributed by atoms with van der Waals surface area (Å²) in [6.07, 6.45) is 0. The average Bonchev–Trinajstić information content (AvgIpc) is 2.95. The molecule has 0 saturated carbocycles. The Balaban J connectivity index is 1.81. The molecule has 1 aromatic heterocycles. The van der Waals surface area contributed by atoms with Gasteiger partial charge in [-0.1, -0.05) is 23.2 Å². The van der Waals surface area contributed by atoms with Crippen molar-refractivity contribution in [3.8, 4) is 0 Å². The van der Waals surface area contributed by atoms with Gasteiger partial charge in [-0.3, -0.25) is 9.59 Å². The highest BCUT2D eigenvalue weighted by molar-refractivity contribution is 6.42. The Hall–Kier alpha value is -2.02. The molecule has 1 heterocycles. The zero-order valence-corrected chi connectivity index (χ0v) is 16.4. The molecule has 1 aromatic carbocycles. The lowest BCUT2D eigenvalue weighted by Gasteiger charge is -2.19. The van der Waals surface area contributed by atoms with Gasteiger partial charge in [0, 0.05) is 12.7 Å². The molecule has 0 aliphatic carbocycles. The SMILES string of the molecule is Cc1ccc(C[NH+](C)CC(=O)N(C)CC(=O)Nc2ccc(Cl)c(Cl)c2)o1. The normalized spacial score (nSPS) is 11.9. The summed E-state index contributed by atoms with van der Waals surface area (Å²) in [4.78, 5) is 26.8. The number of hydrogen-bond donors (Lipinski definition) is 2. The number of amides is 2. The van der Waals surface area contributed by atoms with Gasteiger partial charge in [-0.25, -0.2) is 0 Å². The third kappa shape index (κ3) is 6.05. The maximum Gasteiger partial charge on any atom is 0.277 e. The number of benzene rings is 1. The van der Waals surface area contributed by atoms with Crippen LogP contribution in [-0.2, 0) is 16.1 Å². The molecule has 2 N–H and O–H groups in total. The number of hydrogen-bond acceptors (Lipinski definition) is 3. The number of quaternary nitrogens is 1. The zero-order chi connectivity index (χ0) is 19.3. The van der Waals surface area contributed by atoms with Crippen LogP contribution in [-0.4, -0.2) is 43.9 Å². The Labute approximate surface area is 162 Å². The maximum absolute atomic E-state index is 12.3. The van der Waals surface area contributed by atoms with Crippen LogP contribution in [0.1, 0.15) is 11.5 Å². The Kier molecular flexibility index (Phi) is 7.08. The number of aryl methyl sites for hydroxylation is 1. The van der Waals surface area contributed by atoms with E-state index < -0.39 is 0 Å². The largest absolute Gasteiger partial charge is 0.460 e. The van der Waals surface area contributed by atoms with Gasteiger partial charge in [0.05, 0.1) is 23.6 Å². The van der Waals surface area contributed by atoms with Crippen molar-refractivity contribution in [2.24, 2.45) is 0 Å². The third-order valence-corrected chi connectivity index (χ3v) is 4.47. The highest BCUT2D eigenvalue weighted by Crippen LogP contribution is 2.24. The highest BCUT2D eigenvalue weighted by atomic mass is 35.5. The van der Waals surface area contributed by atoms with E-state index in [2.05, 4.69) is 5.32 Å². The van der Waals surface area contributed by atoms with Gasteiger partial charge >= 0.3 is 0 Å². The molecule has 1 unspecified atom stereocenters. The first-order valence-electron chi connectivity index (χ1n) is 8.10. The van der Waals surface area contributed by atoms with Crippen LogP contribution < -0.4 is 10.2 Å². The predicted octanol–water partition coefficient (Wildman–Crippen LogP) is 2.01. The molecule has 0 radical (unpaired) electrons. The molecule has 0 aliphatic rings. The van der Waals surface area contributed by atoms with E-state index in [-0.39, 0.29) is 24.9 Å². The monoisotopic (exact) mass is 398 g/mol. The van der Waals surface area contributed by atoms with Crippen molar-refractivity contribution >= 4 is 40.7 Å². The fraction of sp³-hybridized carbons (Fsp3) is 0.333. The number of carbonyl (C=O) groups excluding carboxylic acids is 2. The summed E-state index contributed by atoms with van der Waals surface area (Å²) in [6.45, 7) is 2.69. The van der Waals surface area contributed by atoms with E-state index in [4.69, 9.17) is 27.6 Å². The van der Waals surface area contributed by atoms with E-state index in [9.17, 15) is 9.59 Å². The first-order valence-corrected chi connectivity index (χ1v) is 8.85. The van der Waals surface area contributed by atoms with Crippen molar-refractivity contribution in [2.75, 3.05) is 32.5 Å². The fourth-order valence-corrected chi connectivity index (χ4v) is 2.71. The second-order valence-corrected chi connectivity index (χ2v) is 7.06. The molecule has 8 heteroatoms. The molecular formula is C18H22Cl2N3O3+. The van der Waals surface area contributed by atoms with Crippen LogP contribution in [0.5, 0.6) is 0 Å². The molecule has 0 bridgehead atoms. The van der Waals surface area contributed by atoms with E-state index in [1.165, 1.54) is 4.90 Å². The zero-order valence-electron chi connectivity index (χ0n) is 14.9. The van der Waals surface area contributed by atoms with Crippen molar-refractivity contribution in [1.29, 1.82) is 0 Å². The standard InChI is InChI=1S/C18H21Cl2N3O3/c1-12-4-6-14(26-12)9-22(2)11-18(25)23(3)10-17(24)21-13-5-7-15(19)16(20)8-13/h4-8H,9-11H2,1-3H3,(H,21,24)/p+1. The molecule has 0 aliphatic heterocycles. The lowest BCUT2D eigenvalue weighted by molar-refractivity contribution is -0.886. The van der Waals surface area contributed by atoms with Crippen molar-refractivity contribution in [2.45, 2.75) is 13.5 Å². The summed E-state index contributed by atoms with van der Waals surface area (Å²) in [7, 11) is 3.50. The number of rotatable bonds is 7. The molecule has 0 fully saturated rings. The van der Waals surface area contributed by atoms with E-state index in [0.29, 0.717) is 22.3 Å². The lowest BCUT2D eigenvalue weighted by atomic mass is 10.3. The number of nitrogens with one attached hydrogen (secondary N) is 2. The number of carbonyl (C=O) groups is 2. The second kappa shape index (κ2) is 9.07. The Bertz CT molecular complexity index is 792. The summed E-state index contributed by atoms with van der Waals surface area (Å²) in [5, 5.41) is 3.46. The molecule has 140 valence electrons. The first-order chi connectivity index (χ1) is 12.2. The summed E-state index contributed by atoms with van der Waals surface area (Å²) >= 11 is 11.8. The molecule has 26 heavy (non-hydrogen) atoms. The number of anilines is 1. The molecule has 0 saturated heterocycles. The van der Waals surface area contributed by atoms with Gasteiger partial charge in [0.15, 0.2) is 12.3 Å². The number of furan rings is 1. The van der Waals surface area contributed by atoms with Crippen LogP contribution in [0, 0.1) is 6.92 Å². The van der Waals surface area contributed by atoms with Crippen LogP contribution in [0.2, 0.25) is 10.0 Å². The minimum atomic E-state index is -0.307. The number of likely N-dealkylation sites (N-methyl/N-ethyl adjacent to an activating group) is 2. The van der Waals surface area contributed by atoms with Crippen LogP contribution >= 0.6 is 23.2 Å². The Morgan fingerprint density at radius 3 is 2.54 bits per heavy atom. The van der Waals surface area contributed by atoms with Crippen LogP contribution in [0.25, 0.3) is 0 Å². The van der Waals surface area contributed by atoms with Crippen LogP contribution in [0.3, 0.4) is 0 Å². The highest BCUT2D eigenvalue weighted by Gasteiger charge is 2.18. The molecular weight excluding hydrogens is 377 g/mol. The quantitative estimate of drug-likeness (QED) is 0.749. The Morgan fingerprint density at radius 2 is 1.92 bits per heavy atom. The van der Waals surface area contributed by atoms with Crippen molar-refractivity contribution in [3.63, 3.8) is 0 Å². The molecule has 2 aromatic rings. The average molecular weight is 399 g/mol. The topological polar surface area (TPSA) is 67.0 Å². The van der Waals surface area contributed by atoms with Crippen LogP contribution in [0.15, 0.2) is 34.7 Å². The van der Waals surface area contributed by atoms with Gasteiger partial charge in [-0.2, -0.15) is 0 Å². The molecule has 0 spiro atoms. The minimum Gasteiger partial charge on any atom is -0.460 e. The Morgan fingerprint density at radius 1 is 1.19 bits per heavy atom. The van der Waals surface area contributed by atoms with Crippen molar-refractivity contribution in [1.82, 2.24) is 4.90 Å². The van der Waals surface area contributed by atoms with E-state index in [1.54, 1.807) is 25.2 Å². The summed E-state index contributed by atoms with van der Waals surface area (Å²) in [5.41, 5.74) is 0.529. The predicted molar refractivity (Wildman–Crippen MR) is 102 cm³/mol. The summed E-state index contributed by atoms with van der Waals surface area (Å²) in [5.74, 6) is 1.23. The second-order valence-electron chi connectivity index (χ2n) is 6.25. The van der Waals surface area contributed by atoms with Crippen molar-refractivity contribution in [3.05, 3.63) is 51.9 Å². The van der Waals surface area contributed by atoms with Gasteiger partial charge in [-0.15, -0.1) is 0 Å². The lowest BCUT2D eigenvalue weighted by Crippen LogP contribution is -3.08. The summed E-state index contributed by atoms with van der Waals surface area (Å²) < 4.78 is 5.52. The van der Waals surface area contributed by atoms with Gasteiger partial charge in [0.2, 0.25) is 5.91 Å². The van der Waals surface area contributed by atoms with Gasteiger partial charge in [0.25, 0.3) is 5.91 Å². The number of halogens is 2. The molecule has 2 amide bonds. The van der Waals surface area contributed by atoms with Crippen molar-refractivity contribution < 1.29 is 18.9 Å². The smallest absolute Gasteiger partial charge is 0.277 e. The number of nitrogens with zero attached hydrogens (tertiary/aromatic N) is 1. The maximum atomic E-state index is 12.3. The minimum absolute atomic E-state index is 0.0494. The van der Waals surface area contributed by atoms with E-state index >= 15 is 0 Å².